The molecule has 1 aromatic heterocycles. The molecule has 0 atom stereocenters. The fourth-order valence-electron chi connectivity index (χ4n) is 2.83. The number of aryl methyl sites for hydroxylation is 1. The minimum atomic E-state index is -0.153. The Kier molecular flexibility index (Phi) is 4.93. The molecule has 6 heteroatoms. The summed E-state index contributed by atoms with van der Waals surface area (Å²) in [6, 6.07) is 24.8. The van der Waals surface area contributed by atoms with E-state index in [1.54, 1.807) is 6.07 Å². The molecule has 4 rings (SSSR count). The number of nitrogens with zero attached hydrogens (tertiary/aromatic N) is 4. The first kappa shape index (κ1) is 17.6. The Morgan fingerprint density at radius 3 is 2.54 bits per heavy atom. The SMILES string of the molecule is Cc1ccc(-c2nnn(Cc3cccc(C(=O)Nc4ccccc4)c3)n2)cc1. The van der Waals surface area contributed by atoms with Crippen LogP contribution in [0.1, 0.15) is 21.5 Å². The molecule has 1 heterocycles. The quantitative estimate of drug-likeness (QED) is 0.578. The van der Waals surface area contributed by atoms with Crippen molar-refractivity contribution in [1.82, 2.24) is 20.2 Å². The molecular weight excluding hydrogens is 350 g/mol. The van der Waals surface area contributed by atoms with Gasteiger partial charge in [0.1, 0.15) is 0 Å². The maximum Gasteiger partial charge on any atom is 0.255 e. The summed E-state index contributed by atoms with van der Waals surface area (Å²) >= 11 is 0. The van der Waals surface area contributed by atoms with E-state index in [4.69, 9.17) is 0 Å². The summed E-state index contributed by atoms with van der Waals surface area (Å²) in [6.07, 6.45) is 0. The fraction of sp³-hybridized carbons (Fsp3) is 0.0909. The molecule has 0 radical (unpaired) electrons. The van der Waals surface area contributed by atoms with E-state index in [0.717, 1.165) is 16.8 Å². The highest BCUT2D eigenvalue weighted by atomic mass is 16.1. The number of rotatable bonds is 5. The number of tetrazole rings is 1. The Bertz CT molecular complexity index is 1090. The van der Waals surface area contributed by atoms with Gasteiger partial charge in [-0.2, -0.15) is 4.80 Å². The molecule has 3 aromatic carbocycles. The van der Waals surface area contributed by atoms with Crippen molar-refractivity contribution in [1.29, 1.82) is 0 Å². The van der Waals surface area contributed by atoms with Gasteiger partial charge < -0.3 is 5.32 Å². The number of para-hydroxylation sites is 1. The Balaban J connectivity index is 1.48. The topological polar surface area (TPSA) is 72.7 Å². The van der Waals surface area contributed by atoms with Gasteiger partial charge in [0, 0.05) is 16.8 Å². The normalized spacial score (nSPS) is 10.6. The Morgan fingerprint density at radius 1 is 0.964 bits per heavy atom. The average molecular weight is 369 g/mol. The summed E-state index contributed by atoms with van der Waals surface area (Å²) in [7, 11) is 0. The van der Waals surface area contributed by atoms with Crippen molar-refractivity contribution in [2.24, 2.45) is 0 Å². The second kappa shape index (κ2) is 7.84. The highest BCUT2D eigenvalue weighted by Gasteiger charge is 2.09. The van der Waals surface area contributed by atoms with Gasteiger partial charge in [-0.05, 0) is 42.0 Å². The van der Waals surface area contributed by atoms with Gasteiger partial charge in [-0.15, -0.1) is 10.2 Å². The molecule has 0 bridgehead atoms. The molecule has 0 spiro atoms. The van der Waals surface area contributed by atoms with Gasteiger partial charge in [0.05, 0.1) is 6.54 Å². The minimum absolute atomic E-state index is 0.153. The number of hydrogen-bond donors (Lipinski definition) is 1. The molecule has 28 heavy (non-hydrogen) atoms. The lowest BCUT2D eigenvalue weighted by Crippen LogP contribution is -2.12. The van der Waals surface area contributed by atoms with Crippen LogP contribution >= 0.6 is 0 Å². The highest BCUT2D eigenvalue weighted by Crippen LogP contribution is 2.15. The summed E-state index contributed by atoms with van der Waals surface area (Å²) in [5, 5.41) is 15.6. The number of benzene rings is 3. The van der Waals surface area contributed by atoms with Gasteiger partial charge in [-0.1, -0.05) is 60.2 Å². The molecule has 0 aliphatic carbocycles. The molecule has 6 nitrogen and oxygen atoms in total. The van der Waals surface area contributed by atoms with Crippen molar-refractivity contribution >= 4 is 11.6 Å². The van der Waals surface area contributed by atoms with Crippen LogP contribution in [0.25, 0.3) is 11.4 Å². The number of hydrogen-bond acceptors (Lipinski definition) is 4. The highest BCUT2D eigenvalue weighted by molar-refractivity contribution is 6.04. The molecule has 4 aromatic rings. The fourth-order valence-corrected chi connectivity index (χ4v) is 2.83. The van der Waals surface area contributed by atoms with Gasteiger partial charge in [0.25, 0.3) is 5.91 Å². The van der Waals surface area contributed by atoms with Crippen LogP contribution in [0.15, 0.2) is 78.9 Å². The smallest absolute Gasteiger partial charge is 0.255 e. The molecule has 0 saturated carbocycles. The van der Waals surface area contributed by atoms with E-state index in [2.05, 4.69) is 20.7 Å². The van der Waals surface area contributed by atoms with Gasteiger partial charge in [-0.25, -0.2) is 0 Å². The third-order valence-corrected chi connectivity index (χ3v) is 4.31. The summed E-state index contributed by atoms with van der Waals surface area (Å²) in [5.41, 5.74) is 4.38. The molecule has 0 saturated heterocycles. The van der Waals surface area contributed by atoms with E-state index in [0.29, 0.717) is 17.9 Å². The van der Waals surface area contributed by atoms with Crippen molar-refractivity contribution in [3.05, 3.63) is 95.6 Å². The largest absolute Gasteiger partial charge is 0.322 e. The van der Waals surface area contributed by atoms with E-state index < -0.39 is 0 Å². The molecule has 1 N–H and O–H groups in total. The molecular formula is C22H19N5O. The van der Waals surface area contributed by atoms with Crippen LogP contribution in [0.2, 0.25) is 0 Å². The zero-order valence-corrected chi connectivity index (χ0v) is 15.4. The van der Waals surface area contributed by atoms with Gasteiger partial charge >= 0.3 is 0 Å². The van der Waals surface area contributed by atoms with Crippen molar-refractivity contribution in [2.75, 3.05) is 5.32 Å². The molecule has 0 fully saturated rings. The molecule has 0 aliphatic heterocycles. The second-order valence-electron chi connectivity index (χ2n) is 6.53. The van der Waals surface area contributed by atoms with Gasteiger partial charge in [-0.3, -0.25) is 4.79 Å². The van der Waals surface area contributed by atoms with Crippen LogP contribution in [-0.4, -0.2) is 26.1 Å². The van der Waals surface area contributed by atoms with E-state index in [1.807, 2.05) is 79.7 Å². The van der Waals surface area contributed by atoms with Crippen molar-refractivity contribution < 1.29 is 4.79 Å². The van der Waals surface area contributed by atoms with Gasteiger partial charge in [0.2, 0.25) is 5.82 Å². The number of anilines is 1. The Hall–Kier alpha value is -3.80. The number of aromatic nitrogens is 4. The third kappa shape index (κ3) is 4.12. The van der Waals surface area contributed by atoms with Crippen molar-refractivity contribution in [3.8, 4) is 11.4 Å². The Morgan fingerprint density at radius 2 is 1.75 bits per heavy atom. The van der Waals surface area contributed by atoms with E-state index in [1.165, 1.54) is 10.4 Å². The first-order chi connectivity index (χ1) is 13.7. The molecule has 0 unspecified atom stereocenters. The predicted molar refractivity (Wildman–Crippen MR) is 108 cm³/mol. The molecule has 1 amide bonds. The van der Waals surface area contributed by atoms with Crippen LogP contribution < -0.4 is 5.32 Å². The van der Waals surface area contributed by atoms with Crippen molar-refractivity contribution in [3.63, 3.8) is 0 Å². The summed E-state index contributed by atoms with van der Waals surface area (Å²) in [4.78, 5) is 14.0. The summed E-state index contributed by atoms with van der Waals surface area (Å²) < 4.78 is 0. The summed E-state index contributed by atoms with van der Waals surface area (Å²) in [6.45, 7) is 2.47. The zero-order valence-electron chi connectivity index (χ0n) is 15.4. The number of carbonyl (C=O) groups is 1. The van der Waals surface area contributed by atoms with Gasteiger partial charge in [0.15, 0.2) is 0 Å². The van der Waals surface area contributed by atoms with Crippen LogP contribution in [0.4, 0.5) is 5.69 Å². The monoisotopic (exact) mass is 369 g/mol. The van der Waals surface area contributed by atoms with Crippen LogP contribution in [-0.2, 0) is 6.54 Å². The third-order valence-electron chi connectivity index (χ3n) is 4.31. The zero-order chi connectivity index (χ0) is 19.3. The molecule has 138 valence electrons. The van der Waals surface area contributed by atoms with Crippen LogP contribution in [0, 0.1) is 6.92 Å². The van der Waals surface area contributed by atoms with E-state index in [9.17, 15) is 4.79 Å². The standard InChI is InChI=1S/C22H19N5O/c1-16-10-12-18(13-11-16)21-24-26-27(25-21)15-17-6-5-7-19(14-17)22(28)23-20-8-3-2-4-9-20/h2-14H,15H2,1H3,(H,23,28). The lowest BCUT2D eigenvalue weighted by molar-refractivity contribution is 0.102. The van der Waals surface area contributed by atoms with Crippen molar-refractivity contribution in [2.45, 2.75) is 13.5 Å². The maximum absolute atomic E-state index is 12.5. The predicted octanol–water partition coefficient (Wildman–Crippen LogP) is 3.95. The summed E-state index contributed by atoms with van der Waals surface area (Å²) in [5.74, 6) is 0.429. The second-order valence-corrected chi connectivity index (χ2v) is 6.53. The lowest BCUT2D eigenvalue weighted by atomic mass is 10.1. The maximum atomic E-state index is 12.5. The first-order valence-electron chi connectivity index (χ1n) is 8.97. The first-order valence-corrected chi connectivity index (χ1v) is 8.97. The lowest BCUT2D eigenvalue weighted by Gasteiger charge is -2.06. The van der Waals surface area contributed by atoms with E-state index >= 15 is 0 Å². The number of carbonyl (C=O) groups excluding carboxylic acids is 1. The van der Waals surface area contributed by atoms with Crippen LogP contribution in [0.5, 0.6) is 0 Å². The van der Waals surface area contributed by atoms with E-state index in [-0.39, 0.29) is 5.91 Å². The number of nitrogens with one attached hydrogen (secondary N) is 1. The van der Waals surface area contributed by atoms with Crippen LogP contribution in [0.3, 0.4) is 0 Å². The Labute approximate surface area is 162 Å². The minimum Gasteiger partial charge on any atom is -0.322 e. The number of amides is 1. The molecule has 0 aliphatic rings. The average Bonchev–Trinajstić information content (AvgIpc) is 3.18.